The Morgan fingerprint density at radius 2 is 1.84 bits per heavy atom. The van der Waals surface area contributed by atoms with E-state index in [1.807, 2.05) is 37.3 Å². The average molecular weight is 347 g/mol. The van der Waals surface area contributed by atoms with Crippen LogP contribution in [0.2, 0.25) is 0 Å². The van der Waals surface area contributed by atoms with Gasteiger partial charge in [0.2, 0.25) is 5.91 Å². The Bertz CT molecular complexity index is 635. The molecule has 2 rings (SSSR count). The highest BCUT2D eigenvalue weighted by Crippen LogP contribution is 2.30. The highest BCUT2D eigenvalue weighted by molar-refractivity contribution is 6.00. The first kappa shape index (κ1) is 19.0. The first-order valence-corrected chi connectivity index (χ1v) is 8.49. The highest BCUT2D eigenvalue weighted by Gasteiger charge is 2.48. The van der Waals surface area contributed by atoms with Gasteiger partial charge < -0.3 is 9.47 Å². The maximum atomic E-state index is 12.5. The fourth-order valence-electron chi connectivity index (χ4n) is 2.72. The van der Waals surface area contributed by atoms with Gasteiger partial charge in [0.1, 0.15) is 18.2 Å². The highest BCUT2D eigenvalue weighted by atomic mass is 16.6. The molecule has 1 aromatic carbocycles. The van der Waals surface area contributed by atoms with Gasteiger partial charge in [-0.05, 0) is 39.2 Å². The lowest BCUT2D eigenvalue weighted by molar-refractivity contribution is -0.152. The SMILES string of the molecule is CCC1C[C@@H](C(=O)OCc2ccccc2)N(C(=O)OC(C)(C)C)C1=O. The molecule has 1 heterocycles. The topological polar surface area (TPSA) is 72.9 Å². The molecule has 1 aliphatic heterocycles. The monoisotopic (exact) mass is 347 g/mol. The summed E-state index contributed by atoms with van der Waals surface area (Å²) >= 11 is 0. The Hall–Kier alpha value is -2.37. The van der Waals surface area contributed by atoms with Crippen LogP contribution >= 0.6 is 0 Å². The molecule has 1 aliphatic rings. The third-order valence-electron chi connectivity index (χ3n) is 3.99. The van der Waals surface area contributed by atoms with Crippen LogP contribution in [0.3, 0.4) is 0 Å². The zero-order valence-corrected chi connectivity index (χ0v) is 15.2. The minimum absolute atomic E-state index is 0.101. The predicted octanol–water partition coefficient (Wildman–Crippen LogP) is 3.29. The van der Waals surface area contributed by atoms with Crippen molar-refractivity contribution in [2.45, 2.75) is 58.8 Å². The Labute approximate surface area is 148 Å². The van der Waals surface area contributed by atoms with Crippen molar-refractivity contribution in [2.75, 3.05) is 0 Å². The van der Waals surface area contributed by atoms with Crippen molar-refractivity contribution in [3.63, 3.8) is 0 Å². The van der Waals surface area contributed by atoms with Crippen LogP contribution in [0, 0.1) is 5.92 Å². The van der Waals surface area contributed by atoms with E-state index in [1.165, 1.54) is 0 Å². The molecular formula is C19H25NO5. The molecule has 25 heavy (non-hydrogen) atoms. The zero-order valence-electron chi connectivity index (χ0n) is 15.2. The van der Waals surface area contributed by atoms with Crippen LogP contribution in [0.5, 0.6) is 0 Å². The molecule has 0 aliphatic carbocycles. The summed E-state index contributed by atoms with van der Waals surface area (Å²) in [7, 11) is 0. The molecule has 0 radical (unpaired) electrons. The van der Waals surface area contributed by atoms with Crippen molar-refractivity contribution in [3.8, 4) is 0 Å². The zero-order chi connectivity index (χ0) is 18.6. The molecule has 1 unspecified atom stereocenters. The van der Waals surface area contributed by atoms with Crippen molar-refractivity contribution in [3.05, 3.63) is 35.9 Å². The van der Waals surface area contributed by atoms with E-state index in [4.69, 9.17) is 9.47 Å². The first-order valence-electron chi connectivity index (χ1n) is 8.49. The van der Waals surface area contributed by atoms with E-state index in [-0.39, 0.29) is 24.9 Å². The molecule has 0 saturated carbocycles. The molecule has 2 atom stereocenters. The molecular weight excluding hydrogens is 322 g/mol. The van der Waals surface area contributed by atoms with Gasteiger partial charge in [0.25, 0.3) is 0 Å². The fraction of sp³-hybridized carbons (Fsp3) is 0.526. The number of benzene rings is 1. The number of imide groups is 1. The molecule has 0 aromatic heterocycles. The normalized spacial score (nSPS) is 20.5. The molecule has 0 N–H and O–H groups in total. The van der Waals surface area contributed by atoms with E-state index in [1.54, 1.807) is 20.8 Å². The smallest absolute Gasteiger partial charge is 0.417 e. The lowest BCUT2D eigenvalue weighted by Crippen LogP contribution is -2.46. The second kappa shape index (κ2) is 7.68. The van der Waals surface area contributed by atoms with Gasteiger partial charge in [-0.1, -0.05) is 37.3 Å². The standard InChI is InChI=1S/C19H25NO5/c1-5-14-11-15(17(22)24-12-13-9-7-6-8-10-13)20(16(14)21)18(23)25-19(2,3)4/h6-10,14-15H,5,11-12H2,1-4H3/t14?,15-/m0/s1. The number of hydrogen-bond donors (Lipinski definition) is 0. The number of ether oxygens (including phenoxy) is 2. The van der Waals surface area contributed by atoms with Crippen LogP contribution in [0.1, 0.15) is 46.1 Å². The van der Waals surface area contributed by atoms with Crippen molar-refractivity contribution in [1.29, 1.82) is 0 Å². The summed E-state index contributed by atoms with van der Waals surface area (Å²) in [6.07, 6.45) is 0.0260. The lowest BCUT2D eigenvalue weighted by atomic mass is 10.0. The van der Waals surface area contributed by atoms with Gasteiger partial charge in [0, 0.05) is 5.92 Å². The van der Waals surface area contributed by atoms with Crippen LogP contribution < -0.4 is 0 Å². The van der Waals surface area contributed by atoms with Crippen molar-refractivity contribution >= 4 is 18.0 Å². The van der Waals surface area contributed by atoms with Gasteiger partial charge >= 0.3 is 12.1 Å². The van der Waals surface area contributed by atoms with Crippen LogP contribution in [0.25, 0.3) is 0 Å². The molecule has 1 aromatic rings. The number of nitrogens with zero attached hydrogens (tertiary/aromatic N) is 1. The summed E-state index contributed by atoms with van der Waals surface area (Å²) in [5, 5.41) is 0. The number of likely N-dealkylation sites (tertiary alicyclic amines) is 1. The molecule has 6 heteroatoms. The van der Waals surface area contributed by atoms with Crippen LogP contribution in [0.4, 0.5) is 4.79 Å². The van der Waals surface area contributed by atoms with E-state index in [0.717, 1.165) is 10.5 Å². The van der Waals surface area contributed by atoms with Gasteiger partial charge in [-0.3, -0.25) is 4.79 Å². The molecule has 6 nitrogen and oxygen atoms in total. The largest absolute Gasteiger partial charge is 0.459 e. The Kier molecular flexibility index (Phi) is 5.82. The first-order chi connectivity index (χ1) is 11.7. The maximum absolute atomic E-state index is 12.5. The third-order valence-corrected chi connectivity index (χ3v) is 3.99. The van der Waals surface area contributed by atoms with Crippen molar-refractivity contribution < 1.29 is 23.9 Å². The maximum Gasteiger partial charge on any atom is 0.417 e. The minimum Gasteiger partial charge on any atom is -0.459 e. The van der Waals surface area contributed by atoms with Gasteiger partial charge in [-0.25, -0.2) is 14.5 Å². The van der Waals surface area contributed by atoms with Gasteiger partial charge in [-0.15, -0.1) is 0 Å². The number of esters is 1. The summed E-state index contributed by atoms with van der Waals surface area (Å²) in [5.74, 6) is -1.33. The number of carbonyl (C=O) groups excluding carboxylic acids is 3. The van der Waals surface area contributed by atoms with E-state index in [2.05, 4.69) is 0 Å². The predicted molar refractivity (Wildman–Crippen MR) is 91.5 cm³/mol. The van der Waals surface area contributed by atoms with E-state index in [9.17, 15) is 14.4 Å². The second-order valence-corrected chi connectivity index (χ2v) is 7.14. The fourth-order valence-corrected chi connectivity index (χ4v) is 2.72. The second-order valence-electron chi connectivity index (χ2n) is 7.14. The van der Waals surface area contributed by atoms with Gasteiger partial charge in [-0.2, -0.15) is 0 Å². The van der Waals surface area contributed by atoms with E-state index >= 15 is 0 Å². The molecule has 0 spiro atoms. The van der Waals surface area contributed by atoms with Gasteiger partial charge in [0.05, 0.1) is 0 Å². The van der Waals surface area contributed by atoms with Crippen LogP contribution in [0.15, 0.2) is 30.3 Å². The Morgan fingerprint density at radius 3 is 2.40 bits per heavy atom. The molecule has 136 valence electrons. The number of hydrogen-bond acceptors (Lipinski definition) is 5. The third kappa shape index (κ3) is 4.81. The van der Waals surface area contributed by atoms with Crippen molar-refractivity contribution in [2.24, 2.45) is 5.92 Å². The minimum atomic E-state index is -0.934. The quantitative estimate of drug-likeness (QED) is 0.782. The van der Waals surface area contributed by atoms with E-state index in [0.29, 0.717) is 6.42 Å². The molecule has 0 bridgehead atoms. The van der Waals surface area contributed by atoms with E-state index < -0.39 is 23.7 Å². The average Bonchev–Trinajstić information content (AvgIpc) is 2.88. The van der Waals surface area contributed by atoms with Crippen molar-refractivity contribution in [1.82, 2.24) is 4.90 Å². The number of amides is 2. The summed E-state index contributed by atoms with van der Waals surface area (Å²) in [4.78, 5) is 38.3. The van der Waals surface area contributed by atoms with Gasteiger partial charge in [0.15, 0.2) is 0 Å². The molecule has 1 fully saturated rings. The lowest BCUT2D eigenvalue weighted by Gasteiger charge is -2.26. The number of rotatable bonds is 4. The summed E-state index contributed by atoms with van der Waals surface area (Å²) in [6, 6.07) is 8.32. The molecule has 1 saturated heterocycles. The van der Waals surface area contributed by atoms with Crippen LogP contribution in [-0.4, -0.2) is 34.5 Å². The summed E-state index contributed by atoms with van der Waals surface area (Å²) in [5.41, 5.74) is 0.0937. The Morgan fingerprint density at radius 1 is 1.20 bits per heavy atom. The number of carbonyl (C=O) groups is 3. The molecule has 2 amide bonds. The Balaban J connectivity index is 2.10. The summed E-state index contributed by atoms with van der Waals surface area (Å²) in [6.45, 7) is 7.10. The van der Waals surface area contributed by atoms with Crippen LogP contribution in [-0.2, 0) is 25.7 Å². The summed E-state index contributed by atoms with van der Waals surface area (Å²) < 4.78 is 10.6.